The molecule has 0 amide bonds. The van der Waals surface area contributed by atoms with Crippen molar-refractivity contribution in [2.45, 2.75) is 37.4 Å². The predicted octanol–water partition coefficient (Wildman–Crippen LogP) is 9.50. The zero-order valence-electron chi connectivity index (χ0n) is 22.1. The molecule has 4 aromatic rings. The number of alkyl halides is 2. The molecule has 1 unspecified atom stereocenters. The number of phenolic OH excluding ortho intramolecular Hbond substituents is 4. The lowest BCUT2D eigenvalue weighted by Crippen LogP contribution is -2.13. The van der Waals surface area contributed by atoms with Crippen molar-refractivity contribution in [2.24, 2.45) is 11.8 Å². The van der Waals surface area contributed by atoms with Crippen LogP contribution in [0.2, 0.25) is 10.0 Å². The van der Waals surface area contributed by atoms with Gasteiger partial charge in [0.15, 0.2) is 23.0 Å². The normalized spacial score (nSPS) is 13.3. The molecule has 4 nitrogen and oxygen atoms in total. The van der Waals surface area contributed by atoms with Crippen LogP contribution in [0.1, 0.15) is 42.0 Å². The summed E-state index contributed by atoms with van der Waals surface area (Å²) < 4.78 is 0. The SMILES string of the molecule is C[C@H](Cc1ccc(O)c(O)c1)[C@@H](C)Cc1ccc(O)c(O)c1.Clc1ccc(C(c2ccccc2Cl)C(Cl)Cl)cc1. The van der Waals surface area contributed by atoms with E-state index >= 15 is 0 Å². The number of phenols is 4. The van der Waals surface area contributed by atoms with Gasteiger partial charge in [-0.05, 0) is 89.4 Å². The number of aromatic hydroxyl groups is 4. The summed E-state index contributed by atoms with van der Waals surface area (Å²) in [6.07, 6.45) is 1.58. The molecule has 4 rings (SSSR count). The van der Waals surface area contributed by atoms with Crippen LogP contribution in [-0.2, 0) is 12.8 Å². The quantitative estimate of drug-likeness (QED) is 0.117. The highest BCUT2D eigenvalue weighted by Crippen LogP contribution is 2.37. The van der Waals surface area contributed by atoms with E-state index in [2.05, 4.69) is 13.8 Å². The zero-order valence-corrected chi connectivity index (χ0v) is 25.1. The first-order valence-corrected chi connectivity index (χ1v) is 14.4. The van der Waals surface area contributed by atoms with Gasteiger partial charge in [0.2, 0.25) is 0 Å². The molecule has 0 bridgehead atoms. The maximum Gasteiger partial charge on any atom is 0.157 e. The molecule has 0 radical (unpaired) electrons. The van der Waals surface area contributed by atoms with Gasteiger partial charge in [-0.25, -0.2) is 0 Å². The Morgan fingerprint density at radius 3 is 1.50 bits per heavy atom. The van der Waals surface area contributed by atoms with E-state index in [1.807, 2.05) is 60.7 Å². The maximum absolute atomic E-state index is 9.54. The second-order valence-corrected chi connectivity index (χ2v) is 11.9. The van der Waals surface area contributed by atoms with E-state index in [-0.39, 0.29) is 28.9 Å². The number of hydrogen-bond donors (Lipinski definition) is 4. The Morgan fingerprint density at radius 2 is 1.07 bits per heavy atom. The predicted molar refractivity (Wildman–Crippen MR) is 166 cm³/mol. The molecule has 40 heavy (non-hydrogen) atoms. The first-order valence-electron chi connectivity index (χ1n) is 12.8. The highest BCUT2D eigenvalue weighted by atomic mass is 35.5. The second kappa shape index (κ2) is 14.7. The molecule has 0 spiro atoms. The fourth-order valence-corrected chi connectivity index (χ4v) is 5.34. The third kappa shape index (κ3) is 8.87. The maximum atomic E-state index is 9.54. The lowest BCUT2D eigenvalue weighted by atomic mass is 9.85. The number of rotatable bonds is 8. The minimum Gasteiger partial charge on any atom is -0.504 e. The molecule has 0 aliphatic rings. The highest BCUT2D eigenvalue weighted by molar-refractivity contribution is 6.45. The fourth-order valence-electron chi connectivity index (χ4n) is 4.40. The second-order valence-electron chi connectivity index (χ2n) is 9.89. The van der Waals surface area contributed by atoms with Gasteiger partial charge in [-0.15, -0.1) is 23.2 Å². The smallest absolute Gasteiger partial charge is 0.157 e. The van der Waals surface area contributed by atoms with Crippen LogP contribution in [0.5, 0.6) is 23.0 Å². The van der Waals surface area contributed by atoms with Gasteiger partial charge in [-0.1, -0.05) is 79.5 Å². The van der Waals surface area contributed by atoms with Crippen molar-refractivity contribution in [3.63, 3.8) is 0 Å². The number of halogens is 4. The Hall–Kier alpha value is -2.76. The van der Waals surface area contributed by atoms with Crippen molar-refractivity contribution < 1.29 is 20.4 Å². The summed E-state index contributed by atoms with van der Waals surface area (Å²) in [4.78, 5) is -0.578. The van der Waals surface area contributed by atoms with E-state index in [0.29, 0.717) is 21.9 Å². The van der Waals surface area contributed by atoms with E-state index < -0.39 is 4.84 Å². The summed E-state index contributed by atoms with van der Waals surface area (Å²) >= 11 is 24.3. The fraction of sp³-hybridized carbons (Fsp3) is 0.250. The third-order valence-electron chi connectivity index (χ3n) is 6.89. The topological polar surface area (TPSA) is 80.9 Å². The minimum atomic E-state index is -0.578. The highest BCUT2D eigenvalue weighted by Gasteiger charge is 2.23. The van der Waals surface area contributed by atoms with Gasteiger partial charge in [-0.3, -0.25) is 0 Å². The van der Waals surface area contributed by atoms with E-state index in [9.17, 15) is 20.4 Å². The molecule has 0 aliphatic heterocycles. The summed E-state index contributed by atoms with van der Waals surface area (Å²) in [6, 6.07) is 24.8. The Kier molecular flexibility index (Phi) is 11.7. The van der Waals surface area contributed by atoms with Crippen LogP contribution < -0.4 is 0 Å². The molecular formula is C32H32Cl4O4. The largest absolute Gasteiger partial charge is 0.504 e. The van der Waals surface area contributed by atoms with E-state index in [1.165, 1.54) is 12.1 Å². The Morgan fingerprint density at radius 1 is 0.600 bits per heavy atom. The van der Waals surface area contributed by atoms with Gasteiger partial charge >= 0.3 is 0 Å². The lowest BCUT2D eigenvalue weighted by molar-refractivity contribution is 0.377. The molecule has 212 valence electrons. The zero-order chi connectivity index (χ0) is 29.4. The molecule has 3 atom stereocenters. The van der Waals surface area contributed by atoms with Crippen LogP contribution in [-0.4, -0.2) is 25.3 Å². The van der Waals surface area contributed by atoms with Gasteiger partial charge in [0.25, 0.3) is 0 Å². The molecule has 0 saturated heterocycles. The molecule has 4 aromatic carbocycles. The van der Waals surface area contributed by atoms with Crippen LogP contribution in [0.4, 0.5) is 0 Å². The van der Waals surface area contributed by atoms with Crippen molar-refractivity contribution in [2.75, 3.05) is 0 Å². The standard InChI is InChI=1S/C18H22O4.C14H10Cl4/c1-11(7-13-3-5-15(19)17(21)9-13)12(2)8-14-4-6-16(20)18(22)10-14;15-10-7-5-9(6-8-10)13(14(17)18)11-3-1-2-4-12(11)16/h3-6,9-12,19-22H,7-8H2,1-2H3;1-8,13-14H/t11-,12+;. The molecule has 0 fully saturated rings. The minimum absolute atomic E-state index is 0.0965. The Balaban J connectivity index is 0.000000225. The monoisotopic (exact) mass is 620 g/mol. The summed E-state index contributed by atoms with van der Waals surface area (Å²) in [7, 11) is 0. The van der Waals surface area contributed by atoms with Crippen LogP contribution in [0.3, 0.4) is 0 Å². The van der Waals surface area contributed by atoms with Gasteiger partial charge < -0.3 is 20.4 Å². The van der Waals surface area contributed by atoms with E-state index in [4.69, 9.17) is 46.4 Å². The van der Waals surface area contributed by atoms with Crippen LogP contribution >= 0.6 is 46.4 Å². The average Bonchev–Trinajstić information content (AvgIpc) is 2.91. The van der Waals surface area contributed by atoms with Crippen molar-refractivity contribution >= 4 is 46.4 Å². The van der Waals surface area contributed by atoms with Crippen LogP contribution in [0.15, 0.2) is 84.9 Å². The van der Waals surface area contributed by atoms with Crippen LogP contribution in [0.25, 0.3) is 0 Å². The van der Waals surface area contributed by atoms with E-state index in [1.54, 1.807) is 12.1 Å². The summed E-state index contributed by atoms with van der Waals surface area (Å²) in [5.74, 6) is 0.147. The van der Waals surface area contributed by atoms with Gasteiger partial charge in [0.05, 0.1) is 0 Å². The number of hydrogen-bond acceptors (Lipinski definition) is 4. The van der Waals surface area contributed by atoms with Crippen LogP contribution in [0, 0.1) is 11.8 Å². The molecule has 8 heteroatoms. The molecule has 0 heterocycles. The van der Waals surface area contributed by atoms with Crippen molar-refractivity contribution in [1.29, 1.82) is 0 Å². The summed E-state index contributed by atoms with van der Waals surface area (Å²) in [5.41, 5.74) is 3.85. The Bertz CT molecular complexity index is 1330. The first-order chi connectivity index (χ1) is 19.0. The third-order valence-corrected chi connectivity index (χ3v) is 7.99. The lowest BCUT2D eigenvalue weighted by Gasteiger charge is -2.20. The van der Waals surface area contributed by atoms with E-state index in [0.717, 1.165) is 35.1 Å². The molecule has 0 aromatic heterocycles. The number of benzene rings is 4. The first kappa shape index (κ1) is 31.8. The van der Waals surface area contributed by atoms with Crippen molar-refractivity contribution in [3.05, 3.63) is 117 Å². The molecule has 0 aliphatic carbocycles. The molecular weight excluding hydrogens is 590 g/mol. The van der Waals surface area contributed by atoms with Crippen molar-refractivity contribution in [3.8, 4) is 23.0 Å². The molecule has 0 saturated carbocycles. The molecule has 4 N–H and O–H groups in total. The van der Waals surface area contributed by atoms with Gasteiger partial charge in [0.1, 0.15) is 4.84 Å². The van der Waals surface area contributed by atoms with Gasteiger partial charge in [-0.2, -0.15) is 0 Å². The summed E-state index contributed by atoms with van der Waals surface area (Å²) in [5, 5.41) is 39.1. The summed E-state index contributed by atoms with van der Waals surface area (Å²) in [6.45, 7) is 4.27. The van der Waals surface area contributed by atoms with Crippen molar-refractivity contribution in [1.82, 2.24) is 0 Å². The average molecular weight is 622 g/mol. The van der Waals surface area contributed by atoms with Gasteiger partial charge in [0, 0.05) is 16.0 Å². The Labute approximate surface area is 255 Å².